The van der Waals surface area contributed by atoms with Gasteiger partial charge < -0.3 is 15.2 Å². The van der Waals surface area contributed by atoms with Gasteiger partial charge in [-0.15, -0.1) is 11.3 Å². The minimum atomic E-state index is -0.236. The van der Waals surface area contributed by atoms with E-state index in [-0.39, 0.29) is 24.2 Å². The first-order chi connectivity index (χ1) is 15.1. The second-order valence-electron chi connectivity index (χ2n) is 8.58. The number of hydrogen-bond donors (Lipinski definition) is 2. The molecule has 2 aromatic rings. The summed E-state index contributed by atoms with van der Waals surface area (Å²) in [7, 11) is 0. The Morgan fingerprint density at radius 1 is 1.35 bits per heavy atom. The van der Waals surface area contributed by atoms with Crippen molar-refractivity contribution in [3.05, 3.63) is 51.0 Å². The van der Waals surface area contributed by atoms with Crippen LogP contribution < -0.4 is 5.32 Å². The molecule has 1 fully saturated rings. The molecule has 0 radical (unpaired) electrons. The first-order valence-corrected chi connectivity index (χ1v) is 12.2. The van der Waals surface area contributed by atoms with Crippen LogP contribution in [0.1, 0.15) is 64.5 Å². The van der Waals surface area contributed by atoms with Crippen LogP contribution in [0.2, 0.25) is 0 Å². The van der Waals surface area contributed by atoms with Crippen LogP contribution in [0.3, 0.4) is 0 Å². The summed E-state index contributed by atoms with van der Waals surface area (Å²) in [5.41, 5.74) is 2.85. The number of carbonyl (C=O) groups is 1. The maximum atomic E-state index is 12.3. The molecule has 0 aliphatic carbocycles. The summed E-state index contributed by atoms with van der Waals surface area (Å²) < 4.78 is 6.39. The number of rotatable bonds is 7. The highest BCUT2D eigenvalue weighted by atomic mass is 32.1. The van der Waals surface area contributed by atoms with Crippen molar-refractivity contribution >= 4 is 17.2 Å². The molecule has 2 N–H and O–H groups in total. The number of carbonyl (C=O) groups excluding carboxylic acids is 1. The number of likely N-dealkylation sites (tertiary alicyclic amines) is 1. The number of amides is 1. The molecule has 7 heteroatoms. The first-order valence-electron chi connectivity index (χ1n) is 11.4. The minimum Gasteiger partial charge on any atom is -0.394 e. The second kappa shape index (κ2) is 9.77. The topological polar surface area (TPSA) is 74.7 Å². The van der Waals surface area contributed by atoms with Crippen molar-refractivity contribution in [2.45, 2.75) is 64.1 Å². The van der Waals surface area contributed by atoms with Crippen molar-refractivity contribution in [1.82, 2.24) is 15.2 Å². The largest absolute Gasteiger partial charge is 0.394 e. The zero-order chi connectivity index (χ0) is 21.8. The summed E-state index contributed by atoms with van der Waals surface area (Å²) >= 11 is 1.97. The number of pyridine rings is 1. The number of thiophene rings is 1. The van der Waals surface area contributed by atoms with E-state index in [4.69, 9.17) is 4.74 Å². The lowest BCUT2D eigenvalue weighted by Gasteiger charge is -2.44. The van der Waals surface area contributed by atoms with Crippen LogP contribution in [0, 0.1) is 0 Å². The van der Waals surface area contributed by atoms with Crippen LogP contribution >= 0.6 is 11.3 Å². The number of nitrogens with one attached hydrogen (secondary N) is 1. The molecule has 4 heterocycles. The van der Waals surface area contributed by atoms with Gasteiger partial charge in [0.2, 0.25) is 0 Å². The van der Waals surface area contributed by atoms with Crippen LogP contribution in [0.25, 0.3) is 0 Å². The molecule has 2 aliphatic heterocycles. The molecule has 6 nitrogen and oxygen atoms in total. The summed E-state index contributed by atoms with van der Waals surface area (Å²) in [6, 6.07) is 5.92. The lowest BCUT2D eigenvalue weighted by atomic mass is 9.82. The maximum absolute atomic E-state index is 12.3. The molecule has 0 aromatic carbocycles. The Labute approximate surface area is 188 Å². The minimum absolute atomic E-state index is 0.0624. The second-order valence-corrected chi connectivity index (χ2v) is 9.81. The Bertz CT molecular complexity index is 884. The third kappa shape index (κ3) is 4.85. The van der Waals surface area contributed by atoms with Crippen LogP contribution in [0.5, 0.6) is 0 Å². The normalized spacial score (nSPS) is 19.2. The van der Waals surface area contributed by atoms with Crippen LogP contribution in [0.4, 0.5) is 0 Å². The molecule has 1 atom stereocenters. The Balaban J connectivity index is 1.35. The molecule has 1 saturated heterocycles. The summed E-state index contributed by atoms with van der Waals surface area (Å²) in [5, 5.41) is 12.1. The number of ether oxygens (including phenoxy) is 1. The summed E-state index contributed by atoms with van der Waals surface area (Å²) in [6.07, 6.45) is 6.67. The SMILES string of the molecule is CCc1cc2c(s1)CCOC21CCN(Cc2ccc(C(=O)N[C@H](CC)CO)nc2)CC1. The molecule has 168 valence electrons. The fourth-order valence-corrected chi connectivity index (χ4v) is 5.76. The van der Waals surface area contributed by atoms with E-state index in [0.717, 1.165) is 57.5 Å². The van der Waals surface area contributed by atoms with E-state index in [1.807, 2.05) is 24.3 Å². The summed E-state index contributed by atoms with van der Waals surface area (Å²) in [5.74, 6) is -0.236. The van der Waals surface area contributed by atoms with Gasteiger partial charge in [-0.3, -0.25) is 14.7 Å². The fourth-order valence-electron chi connectivity index (χ4n) is 4.58. The molecule has 31 heavy (non-hydrogen) atoms. The van der Waals surface area contributed by atoms with Gasteiger partial charge in [-0.1, -0.05) is 19.9 Å². The monoisotopic (exact) mass is 443 g/mol. The van der Waals surface area contributed by atoms with Gasteiger partial charge in [0.15, 0.2) is 0 Å². The van der Waals surface area contributed by atoms with Crippen molar-refractivity contribution in [2.75, 3.05) is 26.3 Å². The fraction of sp³-hybridized carbons (Fsp3) is 0.583. The molecule has 0 bridgehead atoms. The number of fused-ring (bicyclic) bond motifs is 2. The van der Waals surface area contributed by atoms with E-state index >= 15 is 0 Å². The zero-order valence-electron chi connectivity index (χ0n) is 18.5. The predicted octanol–water partition coefficient (Wildman–Crippen LogP) is 3.27. The van der Waals surface area contributed by atoms with E-state index in [2.05, 4.69) is 28.2 Å². The number of hydrogen-bond acceptors (Lipinski definition) is 6. The zero-order valence-corrected chi connectivity index (χ0v) is 19.3. The lowest BCUT2D eigenvalue weighted by Crippen LogP contribution is -2.45. The van der Waals surface area contributed by atoms with Crippen molar-refractivity contribution in [2.24, 2.45) is 0 Å². The number of aromatic nitrogens is 1. The molecule has 0 saturated carbocycles. The number of piperidine rings is 1. The Morgan fingerprint density at radius 3 is 2.81 bits per heavy atom. The van der Waals surface area contributed by atoms with E-state index in [0.29, 0.717) is 12.1 Å². The van der Waals surface area contributed by atoms with Gasteiger partial charge in [-0.25, -0.2) is 0 Å². The average Bonchev–Trinajstić information content (AvgIpc) is 3.24. The highest BCUT2D eigenvalue weighted by Crippen LogP contribution is 2.44. The number of aliphatic hydroxyl groups excluding tert-OH is 1. The van der Waals surface area contributed by atoms with Gasteiger partial charge in [0.05, 0.1) is 24.9 Å². The molecule has 2 aliphatic rings. The standard InChI is InChI=1S/C24H33N3O3S/c1-3-18(16-28)26-23(29)21-6-5-17(14-25-21)15-27-10-8-24(9-11-27)20-13-19(4-2)31-22(20)7-12-30-24/h5-6,13-14,18,28H,3-4,7-12,15-16H2,1-2H3,(H,26,29)/t18-/m1/s1. The molecular formula is C24H33N3O3S. The lowest BCUT2D eigenvalue weighted by molar-refractivity contribution is -0.0981. The summed E-state index contributed by atoms with van der Waals surface area (Å²) in [6.45, 7) is 7.75. The molecule has 4 rings (SSSR count). The van der Waals surface area contributed by atoms with Crippen molar-refractivity contribution in [3.8, 4) is 0 Å². The van der Waals surface area contributed by atoms with Gasteiger partial charge >= 0.3 is 0 Å². The number of aliphatic hydroxyl groups is 1. The Hall–Kier alpha value is -1.80. The predicted molar refractivity (Wildman–Crippen MR) is 122 cm³/mol. The Kier molecular flexibility index (Phi) is 7.06. The average molecular weight is 444 g/mol. The van der Waals surface area contributed by atoms with Gasteiger partial charge in [0, 0.05) is 42.0 Å². The van der Waals surface area contributed by atoms with Crippen molar-refractivity contribution in [1.29, 1.82) is 0 Å². The van der Waals surface area contributed by atoms with E-state index in [9.17, 15) is 9.90 Å². The third-order valence-electron chi connectivity index (χ3n) is 6.58. The Morgan fingerprint density at radius 2 is 2.16 bits per heavy atom. The van der Waals surface area contributed by atoms with Gasteiger partial charge in [-0.2, -0.15) is 0 Å². The van der Waals surface area contributed by atoms with Gasteiger partial charge in [0.1, 0.15) is 5.69 Å². The van der Waals surface area contributed by atoms with E-state index < -0.39 is 0 Å². The van der Waals surface area contributed by atoms with E-state index in [1.54, 1.807) is 12.3 Å². The summed E-state index contributed by atoms with van der Waals surface area (Å²) in [4.78, 5) is 22.1. The third-order valence-corrected chi connectivity index (χ3v) is 7.92. The van der Waals surface area contributed by atoms with Gasteiger partial charge in [0.25, 0.3) is 5.91 Å². The van der Waals surface area contributed by atoms with Crippen molar-refractivity contribution < 1.29 is 14.6 Å². The first kappa shape index (κ1) is 22.4. The van der Waals surface area contributed by atoms with Gasteiger partial charge in [-0.05, 0) is 48.9 Å². The highest BCUT2D eigenvalue weighted by molar-refractivity contribution is 7.12. The highest BCUT2D eigenvalue weighted by Gasteiger charge is 2.41. The van der Waals surface area contributed by atoms with Crippen molar-refractivity contribution in [3.63, 3.8) is 0 Å². The molecular weight excluding hydrogens is 410 g/mol. The number of aryl methyl sites for hydroxylation is 1. The molecule has 1 spiro atoms. The number of nitrogens with zero attached hydrogens (tertiary/aromatic N) is 2. The van der Waals surface area contributed by atoms with E-state index in [1.165, 1.54) is 15.3 Å². The molecule has 1 amide bonds. The molecule has 2 aromatic heterocycles. The smallest absolute Gasteiger partial charge is 0.270 e. The van der Waals surface area contributed by atoms with Crippen LogP contribution in [0.15, 0.2) is 24.4 Å². The molecule has 0 unspecified atom stereocenters. The quantitative estimate of drug-likeness (QED) is 0.687. The maximum Gasteiger partial charge on any atom is 0.270 e. The van der Waals surface area contributed by atoms with Crippen LogP contribution in [-0.2, 0) is 29.7 Å². The van der Waals surface area contributed by atoms with Crippen LogP contribution in [-0.4, -0.2) is 53.2 Å².